The molecule has 4 nitrogen and oxygen atoms in total. The predicted molar refractivity (Wildman–Crippen MR) is 60.6 cm³/mol. The molecule has 0 atom stereocenters. The number of hydrogen-bond donors (Lipinski definition) is 2. The molecule has 0 bridgehead atoms. The van der Waals surface area contributed by atoms with Crippen LogP contribution in [0.15, 0.2) is 4.79 Å². The molecule has 1 heterocycles. The number of aryl methyl sites for hydroxylation is 1. The molecule has 0 spiro atoms. The summed E-state index contributed by atoms with van der Waals surface area (Å²) < 4.78 is 0. The molecule has 84 valence electrons. The lowest BCUT2D eigenvalue weighted by atomic mass is 9.92. The number of nitrogens with two attached hydrogens (primary N) is 1. The Labute approximate surface area is 89.9 Å². The summed E-state index contributed by atoms with van der Waals surface area (Å²) in [5, 5.41) is 0. The van der Waals surface area contributed by atoms with Gasteiger partial charge in [0.2, 0.25) is 0 Å². The summed E-state index contributed by atoms with van der Waals surface area (Å²) in [5.41, 5.74) is 6.79. The van der Waals surface area contributed by atoms with Crippen molar-refractivity contribution < 1.29 is 0 Å². The van der Waals surface area contributed by atoms with E-state index in [1.807, 2.05) is 6.92 Å². The van der Waals surface area contributed by atoms with Gasteiger partial charge in [-0.15, -0.1) is 0 Å². The van der Waals surface area contributed by atoms with Crippen LogP contribution >= 0.6 is 0 Å². The topological polar surface area (TPSA) is 71.8 Å². The van der Waals surface area contributed by atoms with Crippen molar-refractivity contribution in [2.75, 3.05) is 0 Å². The number of H-pyrrole nitrogens is 1. The van der Waals surface area contributed by atoms with Crippen LogP contribution in [-0.2, 0) is 13.0 Å². The Morgan fingerprint density at radius 3 is 2.40 bits per heavy atom. The fraction of sp³-hybridized carbons (Fsp3) is 0.636. The Hall–Kier alpha value is -1.16. The number of rotatable bonds is 2. The van der Waals surface area contributed by atoms with Crippen LogP contribution in [0.3, 0.4) is 0 Å². The van der Waals surface area contributed by atoms with Gasteiger partial charge < -0.3 is 10.7 Å². The van der Waals surface area contributed by atoms with Crippen molar-refractivity contribution in [1.82, 2.24) is 9.97 Å². The molecule has 0 aliphatic heterocycles. The summed E-state index contributed by atoms with van der Waals surface area (Å²) >= 11 is 0. The zero-order chi connectivity index (χ0) is 11.6. The molecule has 0 radical (unpaired) electrons. The van der Waals surface area contributed by atoms with Gasteiger partial charge in [0.05, 0.1) is 5.56 Å². The van der Waals surface area contributed by atoms with Crippen LogP contribution in [-0.4, -0.2) is 9.97 Å². The van der Waals surface area contributed by atoms with Crippen molar-refractivity contribution in [1.29, 1.82) is 0 Å². The Morgan fingerprint density at radius 1 is 1.40 bits per heavy atom. The normalized spacial score (nSPS) is 11.8. The molecule has 4 heteroatoms. The van der Waals surface area contributed by atoms with Crippen molar-refractivity contribution in [2.24, 2.45) is 11.1 Å². The van der Waals surface area contributed by atoms with Gasteiger partial charge >= 0.3 is 0 Å². The molecule has 1 aromatic rings. The summed E-state index contributed by atoms with van der Waals surface area (Å²) in [6.07, 6.45) is 0.758. The van der Waals surface area contributed by atoms with Crippen molar-refractivity contribution in [2.45, 2.75) is 40.7 Å². The maximum Gasteiger partial charge on any atom is 0.255 e. The second-order valence-electron chi connectivity index (χ2n) is 5.02. The van der Waals surface area contributed by atoms with E-state index in [9.17, 15) is 4.79 Å². The number of nitrogens with one attached hydrogen (secondary N) is 1. The van der Waals surface area contributed by atoms with Crippen LogP contribution < -0.4 is 11.3 Å². The Morgan fingerprint density at radius 2 is 2.00 bits per heavy atom. The molecule has 0 aliphatic carbocycles. The highest BCUT2D eigenvalue weighted by Crippen LogP contribution is 2.17. The Kier molecular flexibility index (Phi) is 3.29. The number of hydrogen-bond acceptors (Lipinski definition) is 3. The Balaban J connectivity index is 3.10. The molecule has 3 N–H and O–H groups in total. The molecule has 0 saturated heterocycles. The molecule has 1 rings (SSSR count). The maximum atomic E-state index is 11.6. The van der Waals surface area contributed by atoms with E-state index in [1.165, 1.54) is 0 Å². The predicted octanol–water partition coefficient (Wildman–Crippen LogP) is 1.13. The largest absolute Gasteiger partial charge is 0.326 e. The van der Waals surface area contributed by atoms with E-state index in [0.717, 1.165) is 17.9 Å². The van der Waals surface area contributed by atoms with E-state index < -0.39 is 0 Å². The first kappa shape index (κ1) is 11.9. The lowest BCUT2D eigenvalue weighted by molar-refractivity contribution is 0.399. The van der Waals surface area contributed by atoms with Gasteiger partial charge in [0.25, 0.3) is 5.56 Å². The third-order valence-corrected chi connectivity index (χ3v) is 2.17. The van der Waals surface area contributed by atoms with Gasteiger partial charge in [-0.1, -0.05) is 20.8 Å². The lowest BCUT2D eigenvalue weighted by Crippen LogP contribution is -2.23. The second kappa shape index (κ2) is 4.14. The summed E-state index contributed by atoms with van der Waals surface area (Å²) in [7, 11) is 0. The van der Waals surface area contributed by atoms with Gasteiger partial charge in [-0.3, -0.25) is 4.79 Å². The zero-order valence-electron chi connectivity index (χ0n) is 9.85. The van der Waals surface area contributed by atoms with Gasteiger partial charge in [-0.05, 0) is 12.3 Å². The van der Waals surface area contributed by atoms with Gasteiger partial charge in [0.15, 0.2) is 0 Å². The van der Waals surface area contributed by atoms with Crippen LogP contribution in [0.5, 0.6) is 0 Å². The third-order valence-electron chi connectivity index (χ3n) is 2.17. The van der Waals surface area contributed by atoms with Crippen LogP contribution in [0.25, 0.3) is 0 Å². The van der Waals surface area contributed by atoms with E-state index in [0.29, 0.717) is 5.56 Å². The Bertz CT molecular complexity index is 401. The van der Waals surface area contributed by atoms with Crippen molar-refractivity contribution in [3.63, 3.8) is 0 Å². The lowest BCUT2D eigenvalue weighted by Gasteiger charge is -2.17. The average molecular weight is 209 g/mol. The summed E-state index contributed by atoms with van der Waals surface area (Å²) in [6.45, 7) is 8.39. The molecule has 1 aromatic heterocycles. The first-order valence-electron chi connectivity index (χ1n) is 5.12. The van der Waals surface area contributed by atoms with Crippen LogP contribution in [0, 0.1) is 12.3 Å². The highest BCUT2D eigenvalue weighted by Gasteiger charge is 2.14. The molecular formula is C11H19N3O. The monoisotopic (exact) mass is 209 g/mol. The highest BCUT2D eigenvalue weighted by molar-refractivity contribution is 5.16. The van der Waals surface area contributed by atoms with Crippen molar-refractivity contribution in [3.8, 4) is 0 Å². The minimum absolute atomic E-state index is 0.107. The van der Waals surface area contributed by atoms with Gasteiger partial charge in [-0.25, -0.2) is 4.98 Å². The van der Waals surface area contributed by atoms with E-state index in [1.54, 1.807) is 0 Å². The van der Waals surface area contributed by atoms with Crippen molar-refractivity contribution >= 4 is 0 Å². The molecular weight excluding hydrogens is 190 g/mol. The van der Waals surface area contributed by atoms with E-state index in [-0.39, 0.29) is 17.5 Å². The maximum absolute atomic E-state index is 11.6. The standard InChI is InChI=1S/C11H19N3O/c1-7-8(6-12)10(15)14-9(13-7)5-11(2,3)4/h5-6,12H2,1-4H3,(H,13,14,15). The summed E-state index contributed by atoms with van der Waals surface area (Å²) in [4.78, 5) is 18.7. The fourth-order valence-corrected chi connectivity index (χ4v) is 1.50. The third kappa shape index (κ3) is 3.16. The number of aromatic nitrogens is 2. The second-order valence-corrected chi connectivity index (χ2v) is 5.02. The number of aromatic amines is 1. The first-order valence-corrected chi connectivity index (χ1v) is 5.12. The molecule has 0 saturated carbocycles. The highest BCUT2D eigenvalue weighted by atomic mass is 16.1. The van der Waals surface area contributed by atoms with E-state index in [4.69, 9.17) is 5.73 Å². The van der Waals surface area contributed by atoms with Crippen LogP contribution in [0.2, 0.25) is 0 Å². The molecule has 0 unspecified atom stereocenters. The SMILES string of the molecule is Cc1nc(CC(C)(C)C)[nH]c(=O)c1CN. The van der Waals surface area contributed by atoms with Crippen LogP contribution in [0.1, 0.15) is 37.9 Å². The van der Waals surface area contributed by atoms with Crippen LogP contribution in [0.4, 0.5) is 0 Å². The molecule has 0 aromatic carbocycles. The van der Waals surface area contributed by atoms with Gasteiger partial charge in [0, 0.05) is 18.7 Å². The van der Waals surface area contributed by atoms with Gasteiger partial charge in [-0.2, -0.15) is 0 Å². The molecule has 0 aliphatic rings. The minimum atomic E-state index is -0.107. The van der Waals surface area contributed by atoms with Crippen molar-refractivity contribution in [3.05, 3.63) is 27.4 Å². The number of nitrogens with zero attached hydrogens (tertiary/aromatic N) is 1. The zero-order valence-corrected chi connectivity index (χ0v) is 9.85. The molecule has 15 heavy (non-hydrogen) atoms. The average Bonchev–Trinajstić information content (AvgIpc) is 1.99. The first-order chi connectivity index (χ1) is 6.83. The minimum Gasteiger partial charge on any atom is -0.326 e. The van der Waals surface area contributed by atoms with E-state index in [2.05, 4.69) is 30.7 Å². The summed E-state index contributed by atoms with van der Waals surface area (Å²) in [5.74, 6) is 0.738. The van der Waals surface area contributed by atoms with E-state index >= 15 is 0 Å². The van der Waals surface area contributed by atoms with Gasteiger partial charge in [0.1, 0.15) is 5.82 Å². The summed E-state index contributed by atoms with van der Waals surface area (Å²) in [6, 6.07) is 0. The smallest absolute Gasteiger partial charge is 0.255 e. The fourth-order valence-electron chi connectivity index (χ4n) is 1.50. The molecule has 0 amide bonds. The quantitative estimate of drug-likeness (QED) is 0.766. The molecule has 0 fully saturated rings.